The summed E-state index contributed by atoms with van der Waals surface area (Å²) < 4.78 is 0.821. The van der Waals surface area contributed by atoms with Gasteiger partial charge in [-0.15, -0.1) is 0 Å². The van der Waals surface area contributed by atoms with Gasteiger partial charge in [0, 0.05) is 11.6 Å². The lowest BCUT2D eigenvalue weighted by atomic mass is 9.86. The summed E-state index contributed by atoms with van der Waals surface area (Å²) in [6.07, 6.45) is 5.41. The summed E-state index contributed by atoms with van der Waals surface area (Å²) in [7, 11) is 0. The Morgan fingerprint density at radius 2 is 2.00 bits per heavy atom. The van der Waals surface area contributed by atoms with Crippen molar-refractivity contribution in [3.05, 3.63) is 33.7 Å². The fourth-order valence-corrected chi connectivity index (χ4v) is 1.72. The molecule has 3 nitrogen and oxygen atoms in total. The van der Waals surface area contributed by atoms with Gasteiger partial charge in [-0.3, -0.25) is 9.79 Å². The summed E-state index contributed by atoms with van der Waals surface area (Å²) in [6.45, 7) is 9.54. The Morgan fingerprint density at radius 3 is 2.44 bits per heavy atom. The van der Waals surface area contributed by atoms with Gasteiger partial charge < -0.3 is 5.32 Å². The van der Waals surface area contributed by atoms with Gasteiger partial charge in [-0.05, 0) is 29.8 Å². The number of ketones is 1. The lowest BCUT2D eigenvalue weighted by molar-refractivity contribution is -0.121. The highest BCUT2D eigenvalue weighted by Gasteiger charge is 2.29. The predicted molar refractivity (Wildman–Crippen MR) is 79.6 cm³/mol. The van der Waals surface area contributed by atoms with Gasteiger partial charge in [-0.1, -0.05) is 32.9 Å². The highest BCUT2D eigenvalue weighted by atomic mass is 79.9. The number of rotatable bonds is 3. The van der Waals surface area contributed by atoms with Gasteiger partial charge in [0.2, 0.25) is 0 Å². The molecule has 0 aromatic heterocycles. The Kier molecular flexibility index (Phi) is 4.68. The van der Waals surface area contributed by atoms with Crippen molar-refractivity contribution in [1.29, 1.82) is 0 Å². The summed E-state index contributed by atoms with van der Waals surface area (Å²) >= 11 is 3.39. The first kappa shape index (κ1) is 14.9. The van der Waals surface area contributed by atoms with Crippen LogP contribution in [0, 0.1) is 5.41 Å². The highest BCUT2D eigenvalue weighted by molar-refractivity contribution is 9.11. The molecule has 0 spiro atoms. The molecule has 0 unspecified atom stereocenters. The SMILES string of the molecule is CC=C1N=CC(C(=O)C(C)(C)C)=C1N/C(Br)=C\C. The lowest BCUT2D eigenvalue weighted by Gasteiger charge is -2.18. The second kappa shape index (κ2) is 5.65. The monoisotopic (exact) mass is 310 g/mol. The van der Waals surface area contributed by atoms with Crippen molar-refractivity contribution in [3.63, 3.8) is 0 Å². The van der Waals surface area contributed by atoms with Crippen molar-refractivity contribution >= 4 is 27.9 Å². The van der Waals surface area contributed by atoms with E-state index in [4.69, 9.17) is 0 Å². The Hall–Kier alpha value is -1.16. The van der Waals surface area contributed by atoms with Crippen LogP contribution in [0.1, 0.15) is 34.6 Å². The van der Waals surface area contributed by atoms with Crippen molar-refractivity contribution < 1.29 is 4.79 Å². The molecule has 0 aromatic carbocycles. The number of allylic oxidation sites excluding steroid dienone is 3. The van der Waals surface area contributed by atoms with Crippen LogP contribution in [-0.4, -0.2) is 12.0 Å². The maximum atomic E-state index is 12.4. The van der Waals surface area contributed by atoms with Gasteiger partial charge in [0.05, 0.1) is 21.6 Å². The van der Waals surface area contributed by atoms with Crippen molar-refractivity contribution in [2.45, 2.75) is 34.6 Å². The van der Waals surface area contributed by atoms with Gasteiger partial charge in [0.1, 0.15) is 0 Å². The third-order valence-corrected chi connectivity index (χ3v) is 3.21. The van der Waals surface area contributed by atoms with Crippen LogP contribution >= 0.6 is 15.9 Å². The Bertz CT molecular complexity index is 477. The molecule has 0 saturated heterocycles. The number of hydrogen-bond acceptors (Lipinski definition) is 3. The molecule has 0 radical (unpaired) electrons. The van der Waals surface area contributed by atoms with Crippen molar-refractivity contribution in [2.75, 3.05) is 0 Å². The molecular formula is C14H19BrN2O. The summed E-state index contributed by atoms with van der Waals surface area (Å²) in [5.74, 6) is 0.0852. The van der Waals surface area contributed by atoms with Crippen molar-refractivity contribution in [3.8, 4) is 0 Å². The normalized spacial score (nSPS) is 18.8. The first-order chi connectivity index (χ1) is 8.31. The third-order valence-electron chi connectivity index (χ3n) is 2.56. The van der Waals surface area contributed by atoms with E-state index >= 15 is 0 Å². The van der Waals surface area contributed by atoms with Crippen LogP contribution in [0.4, 0.5) is 0 Å². The number of aliphatic imine (C=N–C) groups is 1. The quantitative estimate of drug-likeness (QED) is 0.808. The zero-order valence-corrected chi connectivity index (χ0v) is 13.1. The van der Waals surface area contributed by atoms with Gasteiger partial charge in [0.15, 0.2) is 5.78 Å². The summed E-state index contributed by atoms with van der Waals surface area (Å²) in [6, 6.07) is 0. The molecule has 1 rings (SSSR count). The summed E-state index contributed by atoms with van der Waals surface area (Å²) in [4.78, 5) is 16.6. The van der Waals surface area contributed by atoms with E-state index in [-0.39, 0.29) is 5.78 Å². The number of carbonyl (C=O) groups is 1. The molecule has 0 aliphatic carbocycles. The largest absolute Gasteiger partial charge is 0.348 e. The Balaban J connectivity index is 3.22. The first-order valence-electron chi connectivity index (χ1n) is 5.90. The third kappa shape index (κ3) is 3.19. The van der Waals surface area contributed by atoms with E-state index < -0.39 is 5.41 Å². The van der Waals surface area contributed by atoms with Gasteiger partial charge >= 0.3 is 0 Å². The van der Waals surface area contributed by atoms with Gasteiger partial charge in [-0.25, -0.2) is 0 Å². The number of nitrogens with one attached hydrogen (secondary N) is 1. The van der Waals surface area contributed by atoms with E-state index in [9.17, 15) is 4.79 Å². The molecule has 0 atom stereocenters. The number of carbonyl (C=O) groups excluding carboxylic acids is 1. The molecule has 4 heteroatoms. The van der Waals surface area contributed by atoms with Gasteiger partial charge in [-0.2, -0.15) is 0 Å². The molecule has 1 heterocycles. The summed E-state index contributed by atoms with van der Waals surface area (Å²) in [5, 5.41) is 3.18. The van der Waals surface area contributed by atoms with Crippen LogP contribution in [0.2, 0.25) is 0 Å². The molecule has 0 saturated carbocycles. The number of hydrogen-bond donors (Lipinski definition) is 1. The Labute approximate surface area is 117 Å². The van der Waals surface area contributed by atoms with E-state index in [2.05, 4.69) is 26.2 Å². The molecule has 0 amide bonds. The molecule has 1 N–H and O–H groups in total. The zero-order valence-electron chi connectivity index (χ0n) is 11.5. The van der Waals surface area contributed by atoms with E-state index in [1.165, 1.54) is 0 Å². The molecule has 98 valence electrons. The van der Waals surface area contributed by atoms with Crippen LogP contribution in [-0.2, 0) is 4.79 Å². The Morgan fingerprint density at radius 1 is 1.39 bits per heavy atom. The molecule has 0 fully saturated rings. The first-order valence-corrected chi connectivity index (χ1v) is 6.69. The molecule has 0 bridgehead atoms. The van der Waals surface area contributed by atoms with Crippen molar-refractivity contribution in [1.82, 2.24) is 5.32 Å². The predicted octanol–water partition coefficient (Wildman–Crippen LogP) is 3.69. The zero-order chi connectivity index (χ0) is 13.9. The lowest BCUT2D eigenvalue weighted by Crippen LogP contribution is -2.25. The van der Waals surface area contributed by atoms with Crippen LogP contribution < -0.4 is 5.32 Å². The minimum absolute atomic E-state index is 0.0852. The molecule has 1 aliphatic rings. The minimum atomic E-state index is -0.417. The van der Waals surface area contributed by atoms with Crippen LogP contribution in [0.3, 0.4) is 0 Å². The summed E-state index contributed by atoms with van der Waals surface area (Å²) in [5.41, 5.74) is 1.78. The topological polar surface area (TPSA) is 41.5 Å². The maximum Gasteiger partial charge on any atom is 0.171 e. The molecule has 0 aromatic rings. The van der Waals surface area contributed by atoms with Crippen LogP contribution in [0.5, 0.6) is 0 Å². The van der Waals surface area contributed by atoms with E-state index in [0.717, 1.165) is 16.0 Å². The standard InChI is InChI=1S/C14H19BrN2O/c1-6-10-12(17-11(15)7-2)9(8-16-10)13(18)14(3,4)5/h6-8,17H,1-5H3/b10-6?,11-7-. The fourth-order valence-electron chi connectivity index (χ4n) is 1.52. The van der Waals surface area contributed by atoms with Crippen LogP contribution in [0.25, 0.3) is 0 Å². The maximum absolute atomic E-state index is 12.4. The molecule has 18 heavy (non-hydrogen) atoms. The number of Topliss-reactive ketones (excluding diaryl/α,β-unsaturated/α-hetero) is 1. The smallest absolute Gasteiger partial charge is 0.171 e. The average Bonchev–Trinajstić information content (AvgIpc) is 2.69. The number of nitrogens with zero attached hydrogens (tertiary/aromatic N) is 1. The average molecular weight is 311 g/mol. The van der Waals surface area contributed by atoms with E-state index in [0.29, 0.717) is 5.57 Å². The minimum Gasteiger partial charge on any atom is -0.348 e. The highest BCUT2D eigenvalue weighted by Crippen LogP contribution is 2.28. The number of halogens is 1. The van der Waals surface area contributed by atoms with Crippen molar-refractivity contribution in [2.24, 2.45) is 10.4 Å². The fraction of sp³-hybridized carbons (Fsp3) is 0.429. The second-order valence-corrected chi connectivity index (χ2v) is 5.92. The second-order valence-electron chi connectivity index (χ2n) is 5.06. The van der Waals surface area contributed by atoms with Gasteiger partial charge in [0.25, 0.3) is 0 Å². The molecule has 1 aliphatic heterocycles. The van der Waals surface area contributed by atoms with E-state index in [1.807, 2.05) is 46.8 Å². The molecular weight excluding hydrogens is 292 g/mol. The van der Waals surface area contributed by atoms with E-state index in [1.54, 1.807) is 6.21 Å². The van der Waals surface area contributed by atoms with Crippen LogP contribution in [0.15, 0.2) is 38.7 Å².